The van der Waals surface area contributed by atoms with Gasteiger partial charge in [0, 0.05) is 24.5 Å². The number of unbranched alkanes of at least 4 members (excludes halogenated alkanes) is 1. The summed E-state index contributed by atoms with van der Waals surface area (Å²) in [6.07, 6.45) is -0.470. The molecule has 0 saturated carbocycles. The van der Waals surface area contributed by atoms with E-state index in [-0.39, 0.29) is 29.5 Å². The molecular weight excluding hydrogens is 457 g/mol. The average Bonchev–Trinajstić information content (AvgIpc) is 3.13. The second kappa shape index (κ2) is 9.86. The van der Waals surface area contributed by atoms with Crippen LogP contribution < -0.4 is 10.1 Å². The second-order valence-corrected chi connectivity index (χ2v) is 7.67. The van der Waals surface area contributed by atoms with Crippen LogP contribution in [0.4, 0.5) is 27.8 Å². The molecule has 1 aromatic carbocycles. The van der Waals surface area contributed by atoms with E-state index >= 15 is 0 Å². The number of nitrogens with zero attached hydrogens (tertiary/aromatic N) is 4. The van der Waals surface area contributed by atoms with Gasteiger partial charge in [0.2, 0.25) is 5.78 Å². The Hall–Kier alpha value is -2.66. The summed E-state index contributed by atoms with van der Waals surface area (Å²) in [4.78, 5) is 9.81. The van der Waals surface area contributed by atoms with E-state index in [9.17, 15) is 22.0 Å². The smallest absolute Gasteiger partial charge is 0.405 e. The molecule has 174 valence electrons. The fourth-order valence-electron chi connectivity index (χ4n) is 3.09. The van der Waals surface area contributed by atoms with Gasteiger partial charge >= 0.3 is 6.18 Å². The Labute approximate surface area is 186 Å². The minimum atomic E-state index is -4.58. The molecule has 0 aliphatic carbocycles. The van der Waals surface area contributed by atoms with Gasteiger partial charge in [-0.3, -0.25) is 4.40 Å². The summed E-state index contributed by atoms with van der Waals surface area (Å²) in [6.45, 7) is -0.348. The molecule has 0 fully saturated rings. The highest BCUT2D eigenvalue weighted by Gasteiger charge is 2.30. The van der Waals surface area contributed by atoms with Gasteiger partial charge in [-0.2, -0.15) is 18.2 Å². The van der Waals surface area contributed by atoms with Crippen LogP contribution in [-0.4, -0.2) is 59.2 Å². The zero-order valence-corrected chi connectivity index (χ0v) is 18.1. The van der Waals surface area contributed by atoms with Crippen LogP contribution in [0.25, 0.3) is 16.9 Å². The maximum atomic E-state index is 15.0. The number of rotatable bonds is 9. The normalized spacial score (nSPS) is 12.0. The summed E-state index contributed by atoms with van der Waals surface area (Å²) < 4.78 is 74.9. The lowest BCUT2D eigenvalue weighted by atomic mass is 10.1. The fraction of sp³-hybridized carbons (Fsp3) is 0.400. The monoisotopic (exact) mass is 477 g/mol. The van der Waals surface area contributed by atoms with Crippen LogP contribution >= 0.6 is 11.6 Å². The van der Waals surface area contributed by atoms with Gasteiger partial charge in [0.05, 0.1) is 17.7 Å². The first-order valence-electron chi connectivity index (χ1n) is 9.67. The van der Waals surface area contributed by atoms with E-state index in [4.69, 9.17) is 16.3 Å². The van der Waals surface area contributed by atoms with E-state index in [0.29, 0.717) is 6.42 Å². The van der Waals surface area contributed by atoms with E-state index in [1.165, 1.54) is 12.4 Å². The van der Waals surface area contributed by atoms with Crippen molar-refractivity contribution in [2.24, 2.45) is 0 Å². The van der Waals surface area contributed by atoms with Crippen molar-refractivity contribution in [3.63, 3.8) is 0 Å². The van der Waals surface area contributed by atoms with Crippen molar-refractivity contribution in [2.75, 3.05) is 39.1 Å². The minimum Gasteiger partial charge on any atom is -0.493 e. The number of aromatic nitrogens is 3. The Morgan fingerprint density at radius 1 is 1.12 bits per heavy atom. The van der Waals surface area contributed by atoms with Crippen molar-refractivity contribution in [1.29, 1.82) is 0 Å². The molecule has 0 aliphatic rings. The highest BCUT2D eigenvalue weighted by atomic mass is 35.5. The molecule has 2 heterocycles. The number of hydrogen-bond acceptors (Lipinski definition) is 5. The maximum absolute atomic E-state index is 15.0. The number of anilines is 1. The molecule has 3 aromatic rings. The van der Waals surface area contributed by atoms with Gasteiger partial charge in [-0.15, -0.1) is 0 Å². The third-order valence-electron chi connectivity index (χ3n) is 4.49. The van der Waals surface area contributed by atoms with E-state index in [1.54, 1.807) is 0 Å². The molecule has 0 unspecified atom stereocenters. The second-order valence-electron chi connectivity index (χ2n) is 7.31. The van der Waals surface area contributed by atoms with E-state index in [0.717, 1.165) is 29.5 Å². The number of alkyl halides is 3. The van der Waals surface area contributed by atoms with Crippen molar-refractivity contribution in [3.8, 4) is 16.9 Å². The van der Waals surface area contributed by atoms with Crippen LogP contribution in [0.1, 0.15) is 12.8 Å². The van der Waals surface area contributed by atoms with Crippen LogP contribution in [-0.2, 0) is 0 Å². The molecule has 0 bridgehead atoms. The summed E-state index contributed by atoms with van der Waals surface area (Å²) >= 11 is 6.12. The molecule has 0 saturated heterocycles. The first-order chi connectivity index (χ1) is 15.1. The lowest BCUT2D eigenvalue weighted by Gasteiger charge is -2.18. The number of ether oxygens (including phenoxy) is 1. The van der Waals surface area contributed by atoms with Crippen LogP contribution in [0.5, 0.6) is 5.75 Å². The molecule has 12 heteroatoms. The lowest BCUT2D eigenvalue weighted by molar-refractivity contribution is -0.115. The molecule has 1 N–H and O–H groups in total. The van der Waals surface area contributed by atoms with Gasteiger partial charge in [0.1, 0.15) is 34.9 Å². The topological polar surface area (TPSA) is 54.7 Å². The molecule has 0 amide bonds. The average molecular weight is 478 g/mol. The highest BCUT2D eigenvalue weighted by molar-refractivity contribution is 6.33. The van der Waals surface area contributed by atoms with Crippen LogP contribution in [0.3, 0.4) is 0 Å². The Bertz CT molecular complexity index is 1060. The van der Waals surface area contributed by atoms with Crippen LogP contribution in [0, 0.1) is 11.6 Å². The largest absolute Gasteiger partial charge is 0.493 e. The zero-order chi connectivity index (χ0) is 23.5. The van der Waals surface area contributed by atoms with Gasteiger partial charge in [0.15, 0.2) is 0 Å². The fourth-order valence-corrected chi connectivity index (χ4v) is 3.35. The van der Waals surface area contributed by atoms with E-state index in [1.807, 2.05) is 19.0 Å². The summed E-state index contributed by atoms with van der Waals surface area (Å²) in [5.74, 6) is -2.45. The molecule has 0 radical (unpaired) electrons. The summed E-state index contributed by atoms with van der Waals surface area (Å²) in [5.41, 5.74) is -0.975. The molecule has 0 aliphatic heterocycles. The van der Waals surface area contributed by atoms with E-state index < -0.39 is 35.1 Å². The maximum Gasteiger partial charge on any atom is 0.405 e. The van der Waals surface area contributed by atoms with Crippen molar-refractivity contribution in [3.05, 3.63) is 41.3 Å². The zero-order valence-electron chi connectivity index (χ0n) is 17.3. The summed E-state index contributed by atoms with van der Waals surface area (Å²) in [7, 11) is 3.87. The quantitative estimate of drug-likeness (QED) is 0.266. The van der Waals surface area contributed by atoms with Gasteiger partial charge in [-0.05, 0) is 33.5 Å². The predicted octanol–water partition coefficient (Wildman–Crippen LogP) is 5.02. The standard InChI is InChI=1S/C20H21ClF5N5O/c1-30(2)6-3-4-8-32-12-9-13(22)15(14(23)10-12)16-17(21)29-19-27-5-7-31(19)18(16)28-11-20(24,25)26/h5,7,9-10,28H,3-4,6,8,11H2,1-2H3. The van der Waals surface area contributed by atoms with Gasteiger partial charge in [-0.1, -0.05) is 11.6 Å². The first kappa shape index (κ1) is 24.0. The number of imidazole rings is 1. The Morgan fingerprint density at radius 3 is 2.44 bits per heavy atom. The summed E-state index contributed by atoms with van der Waals surface area (Å²) in [5, 5.41) is 1.75. The van der Waals surface area contributed by atoms with Gasteiger partial charge in [-0.25, -0.2) is 13.8 Å². The third kappa shape index (κ3) is 5.77. The first-order valence-corrected chi connectivity index (χ1v) is 10.0. The number of nitrogens with one attached hydrogen (secondary N) is 1. The minimum absolute atomic E-state index is 0.0260. The van der Waals surface area contributed by atoms with Gasteiger partial charge < -0.3 is 15.0 Å². The Morgan fingerprint density at radius 2 is 1.81 bits per heavy atom. The number of benzene rings is 1. The predicted molar refractivity (Wildman–Crippen MR) is 111 cm³/mol. The third-order valence-corrected chi connectivity index (χ3v) is 4.77. The number of halogens is 6. The lowest BCUT2D eigenvalue weighted by Crippen LogP contribution is -2.23. The Balaban J connectivity index is 1.94. The van der Waals surface area contributed by atoms with Gasteiger partial charge in [0.25, 0.3) is 0 Å². The van der Waals surface area contributed by atoms with Crippen molar-refractivity contribution in [1.82, 2.24) is 19.3 Å². The highest BCUT2D eigenvalue weighted by Crippen LogP contribution is 2.39. The molecular formula is C20H21ClF5N5O. The van der Waals surface area contributed by atoms with Crippen molar-refractivity contribution >= 4 is 23.2 Å². The molecule has 0 atom stereocenters. The SMILES string of the molecule is CN(C)CCCCOc1cc(F)c(-c2c(Cl)nc3nccn3c2NCC(F)(F)F)c(F)c1. The van der Waals surface area contributed by atoms with Crippen molar-refractivity contribution < 1.29 is 26.7 Å². The number of fused-ring (bicyclic) bond motifs is 1. The van der Waals surface area contributed by atoms with Crippen LogP contribution in [0.15, 0.2) is 24.5 Å². The molecule has 6 nitrogen and oxygen atoms in total. The molecule has 3 rings (SSSR count). The molecule has 2 aromatic heterocycles. The van der Waals surface area contributed by atoms with Crippen molar-refractivity contribution in [2.45, 2.75) is 19.0 Å². The van der Waals surface area contributed by atoms with E-state index in [2.05, 4.69) is 15.3 Å². The molecule has 0 spiro atoms. The van der Waals surface area contributed by atoms with Crippen LogP contribution in [0.2, 0.25) is 5.15 Å². The molecule has 32 heavy (non-hydrogen) atoms. The summed E-state index contributed by atoms with van der Waals surface area (Å²) in [6, 6.07) is 1.93. The Kier molecular flexibility index (Phi) is 7.40. The number of hydrogen-bond donors (Lipinski definition) is 1.